The quantitative estimate of drug-likeness (QED) is 0.658. The number of carbonyl (C=O) groups excluding carboxylic acids is 1. The first-order valence-corrected chi connectivity index (χ1v) is 5.32. The molecule has 1 aromatic rings. The average molecular weight is 224 g/mol. The van der Waals surface area contributed by atoms with E-state index in [-0.39, 0.29) is 11.9 Å². The van der Waals surface area contributed by atoms with E-state index in [4.69, 9.17) is 4.74 Å². The highest BCUT2D eigenvalue weighted by molar-refractivity contribution is 5.95. The van der Waals surface area contributed by atoms with E-state index in [1.165, 1.54) is 0 Å². The second-order valence-corrected chi connectivity index (χ2v) is 3.88. The van der Waals surface area contributed by atoms with E-state index in [2.05, 4.69) is 20.8 Å². The van der Waals surface area contributed by atoms with Crippen LogP contribution in [0.4, 0.5) is 5.69 Å². The molecule has 1 unspecified atom stereocenters. The van der Waals surface area contributed by atoms with E-state index >= 15 is 0 Å². The molecule has 0 bridgehead atoms. The van der Waals surface area contributed by atoms with Gasteiger partial charge in [-0.15, -0.1) is 0 Å². The first-order valence-electron chi connectivity index (χ1n) is 5.32. The predicted octanol–water partition coefficient (Wildman–Crippen LogP) is -0.0466. The fourth-order valence-electron chi connectivity index (χ4n) is 1.68. The lowest BCUT2D eigenvalue weighted by Crippen LogP contribution is -2.48. The first kappa shape index (κ1) is 11.1. The minimum absolute atomic E-state index is 0.0766. The van der Waals surface area contributed by atoms with Crippen LogP contribution in [-0.2, 0) is 9.53 Å². The Balaban J connectivity index is 2.01. The zero-order chi connectivity index (χ0) is 11.5. The lowest BCUT2D eigenvalue weighted by atomic mass is 10.2. The van der Waals surface area contributed by atoms with Gasteiger partial charge in [-0.25, -0.2) is 0 Å². The van der Waals surface area contributed by atoms with E-state index in [1.807, 2.05) is 13.8 Å². The molecule has 1 atom stereocenters. The highest BCUT2D eigenvalue weighted by Gasteiger charge is 2.22. The van der Waals surface area contributed by atoms with Gasteiger partial charge < -0.3 is 15.4 Å². The third kappa shape index (κ3) is 2.23. The summed E-state index contributed by atoms with van der Waals surface area (Å²) in [5, 5.41) is 12.8. The number of H-pyrrole nitrogens is 1. The number of hydrogen-bond acceptors (Lipinski definition) is 4. The third-order valence-corrected chi connectivity index (χ3v) is 2.61. The molecule has 0 aromatic carbocycles. The van der Waals surface area contributed by atoms with Gasteiger partial charge in [-0.05, 0) is 13.8 Å². The van der Waals surface area contributed by atoms with Crippen molar-refractivity contribution >= 4 is 11.6 Å². The van der Waals surface area contributed by atoms with Gasteiger partial charge in [0.25, 0.3) is 0 Å². The summed E-state index contributed by atoms with van der Waals surface area (Å²) in [6.45, 7) is 5.51. The van der Waals surface area contributed by atoms with Crippen LogP contribution in [0.25, 0.3) is 0 Å². The summed E-state index contributed by atoms with van der Waals surface area (Å²) in [5.74, 6) is -0.0766. The van der Waals surface area contributed by atoms with Crippen LogP contribution in [0.2, 0.25) is 0 Å². The van der Waals surface area contributed by atoms with Crippen LogP contribution in [0, 0.1) is 13.8 Å². The Kier molecular flexibility index (Phi) is 3.21. The Labute approximate surface area is 93.8 Å². The topological polar surface area (TPSA) is 79.0 Å². The highest BCUT2D eigenvalue weighted by Crippen LogP contribution is 2.16. The molecule has 1 fully saturated rings. The van der Waals surface area contributed by atoms with Crippen LogP contribution in [0.5, 0.6) is 0 Å². The smallest absolute Gasteiger partial charge is 0.244 e. The van der Waals surface area contributed by atoms with Crippen molar-refractivity contribution in [2.75, 3.05) is 25.1 Å². The van der Waals surface area contributed by atoms with E-state index in [1.54, 1.807) is 0 Å². The van der Waals surface area contributed by atoms with Crippen LogP contribution in [-0.4, -0.2) is 41.9 Å². The fraction of sp³-hybridized carbons (Fsp3) is 0.600. The Morgan fingerprint density at radius 3 is 2.94 bits per heavy atom. The number of nitrogens with one attached hydrogen (secondary N) is 3. The van der Waals surface area contributed by atoms with Gasteiger partial charge in [0.1, 0.15) is 6.04 Å². The summed E-state index contributed by atoms with van der Waals surface area (Å²) < 4.78 is 5.24. The number of ether oxygens (including phenoxy) is 1. The molecule has 1 aliphatic rings. The Morgan fingerprint density at radius 1 is 1.56 bits per heavy atom. The maximum absolute atomic E-state index is 11.9. The number of amides is 1. The minimum Gasteiger partial charge on any atom is -0.378 e. The van der Waals surface area contributed by atoms with Gasteiger partial charge in [0.15, 0.2) is 0 Å². The van der Waals surface area contributed by atoms with Crippen LogP contribution in [0.15, 0.2) is 0 Å². The van der Waals surface area contributed by atoms with Crippen molar-refractivity contribution in [3.05, 3.63) is 11.4 Å². The standard InChI is InChI=1S/C10H16N4O2/c1-6-9(7(2)14-13-6)12-10(15)8-5-16-4-3-11-8/h8,11H,3-5H2,1-2H3,(H,12,15)(H,13,14). The molecule has 0 radical (unpaired) electrons. The molecular weight excluding hydrogens is 208 g/mol. The number of nitrogens with zero attached hydrogens (tertiary/aromatic N) is 1. The average Bonchev–Trinajstić information content (AvgIpc) is 2.62. The SMILES string of the molecule is Cc1n[nH]c(C)c1NC(=O)C1COCCN1. The monoisotopic (exact) mass is 224 g/mol. The van der Waals surface area contributed by atoms with Crippen molar-refractivity contribution in [1.82, 2.24) is 15.5 Å². The predicted molar refractivity (Wildman–Crippen MR) is 59.3 cm³/mol. The van der Waals surface area contributed by atoms with Crippen LogP contribution >= 0.6 is 0 Å². The van der Waals surface area contributed by atoms with Gasteiger partial charge in [-0.2, -0.15) is 5.10 Å². The number of carbonyl (C=O) groups is 1. The summed E-state index contributed by atoms with van der Waals surface area (Å²) in [6, 6.07) is -0.276. The molecule has 6 nitrogen and oxygen atoms in total. The molecule has 0 spiro atoms. The van der Waals surface area contributed by atoms with Gasteiger partial charge in [0.2, 0.25) is 5.91 Å². The molecule has 16 heavy (non-hydrogen) atoms. The van der Waals surface area contributed by atoms with E-state index in [0.717, 1.165) is 17.1 Å². The number of anilines is 1. The zero-order valence-corrected chi connectivity index (χ0v) is 9.46. The lowest BCUT2D eigenvalue weighted by Gasteiger charge is -2.22. The van der Waals surface area contributed by atoms with E-state index in [0.29, 0.717) is 19.8 Å². The largest absolute Gasteiger partial charge is 0.378 e. The van der Waals surface area contributed by atoms with Crippen molar-refractivity contribution in [3.63, 3.8) is 0 Å². The molecule has 2 rings (SSSR count). The second kappa shape index (κ2) is 4.63. The molecule has 3 N–H and O–H groups in total. The minimum atomic E-state index is -0.276. The van der Waals surface area contributed by atoms with Gasteiger partial charge in [-0.1, -0.05) is 0 Å². The van der Waals surface area contributed by atoms with Crippen molar-refractivity contribution in [1.29, 1.82) is 0 Å². The molecule has 1 aliphatic heterocycles. The van der Waals surface area contributed by atoms with E-state index in [9.17, 15) is 4.79 Å². The number of rotatable bonds is 2. The lowest BCUT2D eigenvalue weighted by molar-refractivity contribution is -0.120. The summed E-state index contributed by atoms with van der Waals surface area (Å²) in [6.07, 6.45) is 0. The molecule has 6 heteroatoms. The van der Waals surface area contributed by atoms with Gasteiger partial charge in [0.05, 0.1) is 30.3 Å². The number of morpholine rings is 1. The van der Waals surface area contributed by atoms with Crippen molar-refractivity contribution in [2.24, 2.45) is 0 Å². The van der Waals surface area contributed by atoms with Gasteiger partial charge >= 0.3 is 0 Å². The Bertz CT molecular complexity index is 363. The summed E-state index contributed by atoms with van der Waals surface area (Å²) in [7, 11) is 0. The van der Waals surface area contributed by atoms with Crippen LogP contribution in [0.1, 0.15) is 11.4 Å². The number of hydrogen-bond donors (Lipinski definition) is 3. The molecule has 2 heterocycles. The molecule has 0 aliphatic carbocycles. The fourth-order valence-corrected chi connectivity index (χ4v) is 1.68. The van der Waals surface area contributed by atoms with Crippen molar-refractivity contribution in [3.8, 4) is 0 Å². The molecule has 0 saturated carbocycles. The van der Waals surface area contributed by atoms with Crippen molar-refractivity contribution < 1.29 is 9.53 Å². The number of aromatic amines is 1. The molecular formula is C10H16N4O2. The normalized spacial score (nSPS) is 20.8. The first-order chi connectivity index (χ1) is 7.68. The van der Waals surface area contributed by atoms with Gasteiger partial charge in [0, 0.05) is 6.54 Å². The Hall–Kier alpha value is -1.40. The number of aryl methyl sites for hydroxylation is 2. The second-order valence-electron chi connectivity index (χ2n) is 3.88. The molecule has 1 amide bonds. The summed E-state index contributed by atoms with van der Waals surface area (Å²) >= 11 is 0. The van der Waals surface area contributed by atoms with E-state index < -0.39 is 0 Å². The molecule has 88 valence electrons. The zero-order valence-electron chi connectivity index (χ0n) is 9.46. The summed E-state index contributed by atoms with van der Waals surface area (Å²) in [5.41, 5.74) is 2.42. The molecule has 1 aromatic heterocycles. The maximum Gasteiger partial charge on any atom is 0.244 e. The Morgan fingerprint density at radius 2 is 2.38 bits per heavy atom. The number of aromatic nitrogens is 2. The van der Waals surface area contributed by atoms with Crippen LogP contribution in [0.3, 0.4) is 0 Å². The third-order valence-electron chi connectivity index (χ3n) is 2.61. The van der Waals surface area contributed by atoms with Crippen molar-refractivity contribution in [2.45, 2.75) is 19.9 Å². The summed E-state index contributed by atoms with van der Waals surface area (Å²) in [4.78, 5) is 11.9. The van der Waals surface area contributed by atoms with Gasteiger partial charge in [-0.3, -0.25) is 9.89 Å². The molecule has 1 saturated heterocycles. The van der Waals surface area contributed by atoms with Crippen LogP contribution < -0.4 is 10.6 Å². The highest BCUT2D eigenvalue weighted by atomic mass is 16.5. The maximum atomic E-state index is 11.9.